The molecule has 0 aromatic heterocycles. The first-order valence-electron chi connectivity index (χ1n) is 1.69. The summed E-state index contributed by atoms with van der Waals surface area (Å²) < 4.78 is 1.46. The second-order valence-electron chi connectivity index (χ2n) is 1.22. The van der Waals surface area contributed by atoms with Crippen LogP contribution >= 0.6 is 8.30 Å². The first-order chi connectivity index (χ1) is 2.64. The molecule has 0 heterocycles. The van der Waals surface area contributed by atoms with Crippen molar-refractivity contribution in [3.63, 3.8) is 0 Å². The minimum Gasteiger partial charge on any atom is -0.669 e. The minimum atomic E-state index is -1.48. The van der Waals surface area contributed by atoms with Crippen LogP contribution in [0.25, 0.3) is 0 Å². The molecule has 49 valence electrons. The third-order valence-corrected chi connectivity index (χ3v) is 1.61. The van der Waals surface area contributed by atoms with E-state index in [4.69, 9.17) is 0 Å². The smallest absolute Gasteiger partial charge is 0.0547 e. The third kappa shape index (κ3) is 10.4. The molecule has 0 fully saturated rings. The number of rotatable bonds is 1. The van der Waals surface area contributed by atoms with Gasteiger partial charge in [-0.25, -0.2) is 7.05 Å². The number of hydrogen-bond donors (Lipinski definition) is 0. The zero-order valence-corrected chi connectivity index (χ0v) is 9.48. The van der Waals surface area contributed by atoms with E-state index in [-0.39, 0.29) is 40.1 Å². The Morgan fingerprint density at radius 2 is 1.75 bits per heavy atom. The van der Waals surface area contributed by atoms with E-state index in [0.29, 0.717) is 0 Å². The van der Waals surface area contributed by atoms with Gasteiger partial charge in [-0.3, -0.25) is 0 Å². The summed E-state index contributed by atoms with van der Waals surface area (Å²) in [6.07, 6.45) is 0. The average Bonchev–Trinajstić information content (AvgIpc) is 1.36. The number of hydrogen-bond acceptors (Lipinski definition) is 2. The van der Waals surface area contributed by atoms with E-state index in [0.717, 1.165) is 0 Å². The summed E-state index contributed by atoms with van der Waals surface area (Å²) in [5.41, 5.74) is 0. The van der Waals surface area contributed by atoms with Crippen LogP contribution in [0, 0.1) is 14.5 Å². The normalized spacial score (nSPS) is 11.6. The molecule has 0 bridgehead atoms. The molecular formula is C4H12NOPY-2. The molecule has 0 spiro atoms. The zero-order valence-electron chi connectivity index (χ0n) is 5.64. The zero-order chi connectivity index (χ0) is 5.15. The summed E-state index contributed by atoms with van der Waals surface area (Å²) in [5.74, 6) is 0. The topological polar surface area (TPSA) is 26.3 Å². The predicted molar refractivity (Wildman–Crippen MR) is 33.8 cm³/mol. The van der Waals surface area contributed by atoms with E-state index in [9.17, 15) is 4.89 Å². The van der Waals surface area contributed by atoms with Crippen molar-refractivity contribution in [3.8, 4) is 0 Å². The van der Waals surface area contributed by atoms with Gasteiger partial charge in [-0.2, -0.15) is 0 Å². The maximum absolute atomic E-state index is 10.2. The number of nitrogens with zero attached hydrogens (tertiary/aromatic N) is 1. The molecule has 4 heteroatoms. The van der Waals surface area contributed by atoms with Crippen LogP contribution in [0.2, 0.25) is 0 Å². The fourth-order valence-electron chi connectivity index (χ4n) is 0. The molecule has 0 saturated carbocycles. The SMILES string of the molecule is [CH2-]N(C)[PH+](C)[O-].[CH3-].[Y]. The van der Waals surface area contributed by atoms with Crippen molar-refractivity contribution in [2.45, 2.75) is 0 Å². The summed E-state index contributed by atoms with van der Waals surface area (Å²) in [7, 11) is 3.62. The van der Waals surface area contributed by atoms with Gasteiger partial charge in [0.25, 0.3) is 0 Å². The van der Waals surface area contributed by atoms with Crippen molar-refractivity contribution in [1.82, 2.24) is 4.67 Å². The minimum absolute atomic E-state index is 0. The molecule has 0 aromatic carbocycles. The molecule has 0 aliphatic rings. The summed E-state index contributed by atoms with van der Waals surface area (Å²) in [6, 6.07) is 0. The molecule has 0 aromatic rings. The maximum Gasteiger partial charge on any atom is 0.0547 e. The van der Waals surface area contributed by atoms with Crippen LogP contribution in [-0.2, 0) is 32.7 Å². The molecule has 1 atom stereocenters. The van der Waals surface area contributed by atoms with Gasteiger partial charge in [-0.1, -0.05) is 0 Å². The third-order valence-electron chi connectivity index (χ3n) is 0.538. The molecular weight excluding hydrogens is 198 g/mol. The van der Waals surface area contributed by atoms with Crippen molar-refractivity contribution < 1.29 is 37.6 Å². The molecule has 0 aliphatic heterocycles. The Morgan fingerprint density at radius 1 is 1.62 bits per heavy atom. The van der Waals surface area contributed by atoms with E-state index in [1.165, 1.54) is 4.67 Å². The molecule has 8 heavy (non-hydrogen) atoms. The Balaban J connectivity index is -0.000000125. The molecule has 0 N–H and O–H groups in total. The van der Waals surface area contributed by atoms with Gasteiger partial charge >= 0.3 is 0 Å². The van der Waals surface area contributed by atoms with Gasteiger partial charge in [0.1, 0.15) is 0 Å². The predicted octanol–water partition coefficient (Wildman–Crippen LogP) is 0.192. The first-order valence-corrected chi connectivity index (χ1v) is 3.55. The molecule has 0 saturated heterocycles. The van der Waals surface area contributed by atoms with Crippen molar-refractivity contribution in [2.75, 3.05) is 13.7 Å². The maximum atomic E-state index is 10.2. The Hall–Kier alpha value is 1.45. The quantitative estimate of drug-likeness (QED) is 0.456. The summed E-state index contributed by atoms with van der Waals surface area (Å²) in [5, 5.41) is 0. The Bertz CT molecular complexity index is 37.0. The van der Waals surface area contributed by atoms with E-state index in [1.807, 2.05) is 0 Å². The Kier molecular flexibility index (Phi) is 17.1. The molecule has 1 unspecified atom stereocenters. The fourth-order valence-corrected chi connectivity index (χ4v) is 0. The summed E-state index contributed by atoms with van der Waals surface area (Å²) in [4.78, 5) is 10.2. The molecule has 0 amide bonds. The average molecular weight is 210 g/mol. The molecule has 1 radical (unpaired) electrons. The fraction of sp³-hybridized carbons (Fsp3) is 0.500. The molecule has 0 aliphatic carbocycles. The second kappa shape index (κ2) is 8.45. The molecule has 0 rings (SSSR count). The van der Waals surface area contributed by atoms with E-state index >= 15 is 0 Å². The van der Waals surface area contributed by atoms with Gasteiger partial charge in [0.15, 0.2) is 0 Å². The second-order valence-corrected chi connectivity index (χ2v) is 3.02. The molecule has 2 nitrogen and oxygen atoms in total. The van der Waals surface area contributed by atoms with Gasteiger partial charge in [-0.15, -0.1) is 0 Å². The monoisotopic (exact) mass is 210 g/mol. The van der Waals surface area contributed by atoms with Gasteiger partial charge in [0.05, 0.1) is 6.66 Å². The van der Waals surface area contributed by atoms with Crippen molar-refractivity contribution >= 4 is 8.30 Å². The van der Waals surface area contributed by atoms with Crippen LogP contribution in [0.4, 0.5) is 0 Å². The van der Waals surface area contributed by atoms with E-state index in [1.54, 1.807) is 13.7 Å². The van der Waals surface area contributed by atoms with Crippen LogP contribution in [-0.4, -0.2) is 18.4 Å². The van der Waals surface area contributed by atoms with Crippen LogP contribution in [0.1, 0.15) is 0 Å². The van der Waals surface area contributed by atoms with Crippen molar-refractivity contribution in [2.24, 2.45) is 0 Å². The summed E-state index contributed by atoms with van der Waals surface area (Å²) in [6.45, 7) is 1.65. The van der Waals surface area contributed by atoms with Gasteiger partial charge < -0.3 is 17.0 Å². The van der Waals surface area contributed by atoms with Gasteiger partial charge in [0, 0.05) is 32.7 Å². The van der Waals surface area contributed by atoms with Gasteiger partial charge in [0.2, 0.25) is 0 Å². The van der Waals surface area contributed by atoms with Crippen molar-refractivity contribution in [3.05, 3.63) is 14.5 Å². The van der Waals surface area contributed by atoms with E-state index < -0.39 is 8.30 Å². The van der Waals surface area contributed by atoms with Crippen LogP contribution < -0.4 is 4.89 Å². The van der Waals surface area contributed by atoms with Crippen molar-refractivity contribution in [1.29, 1.82) is 0 Å². The van der Waals surface area contributed by atoms with E-state index in [2.05, 4.69) is 7.05 Å². The Labute approximate surface area is 78.4 Å². The largest absolute Gasteiger partial charge is 0.669 e. The standard InChI is InChI=1S/C3H9NOP.CH3.Y/c1-4(2)6(3)5;;/h6H,1H2,2-3H3;1H3;/q2*-1;. The summed E-state index contributed by atoms with van der Waals surface area (Å²) >= 11 is 0. The van der Waals surface area contributed by atoms with Crippen LogP contribution in [0.15, 0.2) is 0 Å². The van der Waals surface area contributed by atoms with Crippen LogP contribution in [0.3, 0.4) is 0 Å². The van der Waals surface area contributed by atoms with Crippen LogP contribution in [0.5, 0.6) is 0 Å². The Morgan fingerprint density at radius 3 is 1.75 bits per heavy atom. The van der Waals surface area contributed by atoms with Gasteiger partial charge in [-0.05, 0) is 15.3 Å². The first kappa shape index (κ1) is 16.2.